The Bertz CT molecular complexity index is 751. The van der Waals surface area contributed by atoms with Gasteiger partial charge in [0.05, 0.1) is 18.2 Å². The lowest BCUT2D eigenvalue weighted by atomic mass is 10.1. The van der Waals surface area contributed by atoms with Crippen molar-refractivity contribution in [1.82, 2.24) is 10.4 Å². The van der Waals surface area contributed by atoms with Crippen LogP contribution in [-0.2, 0) is 11.2 Å². The van der Waals surface area contributed by atoms with Crippen LogP contribution in [0.5, 0.6) is 5.75 Å². The number of aryl methyl sites for hydroxylation is 1. The Hall–Kier alpha value is -2.82. The van der Waals surface area contributed by atoms with Crippen LogP contribution in [0, 0.1) is 0 Å². The molecule has 1 N–H and O–H groups in total. The smallest absolute Gasteiger partial charge is 0.276 e. The summed E-state index contributed by atoms with van der Waals surface area (Å²) in [6.45, 7) is 5.62. The van der Waals surface area contributed by atoms with Crippen molar-refractivity contribution in [2.75, 3.05) is 7.11 Å². The molecule has 0 bridgehead atoms. The minimum atomic E-state index is -0.583. The largest absolute Gasteiger partial charge is 0.496 e. The van der Waals surface area contributed by atoms with Crippen LogP contribution in [0.4, 0.5) is 0 Å². The van der Waals surface area contributed by atoms with Gasteiger partial charge in [0.2, 0.25) is 5.91 Å². The van der Waals surface area contributed by atoms with Crippen molar-refractivity contribution < 1.29 is 14.3 Å². The van der Waals surface area contributed by atoms with Gasteiger partial charge in [-0.25, -0.2) is 5.01 Å². The number of nitrogens with one attached hydrogen (secondary N) is 1. The van der Waals surface area contributed by atoms with E-state index in [1.807, 2.05) is 51.1 Å². The standard InChI is InChI=1S/C21H26N2O3/c1-21(2,3)23(20(25)17-12-8-9-13-18(17)26-4)22-19(24)15-14-16-10-6-5-7-11-16/h5-13H,14-15H2,1-4H3,(H,22,24). The van der Waals surface area contributed by atoms with Gasteiger partial charge in [-0.05, 0) is 44.9 Å². The highest BCUT2D eigenvalue weighted by atomic mass is 16.5. The number of methoxy groups -OCH3 is 1. The number of carbonyl (C=O) groups is 2. The van der Waals surface area contributed by atoms with Crippen LogP contribution < -0.4 is 10.2 Å². The van der Waals surface area contributed by atoms with E-state index in [-0.39, 0.29) is 11.8 Å². The lowest BCUT2D eigenvalue weighted by molar-refractivity contribution is -0.126. The van der Waals surface area contributed by atoms with Gasteiger partial charge in [-0.3, -0.25) is 15.0 Å². The van der Waals surface area contributed by atoms with Gasteiger partial charge in [0.15, 0.2) is 0 Å². The quantitative estimate of drug-likeness (QED) is 0.835. The molecule has 0 spiro atoms. The highest BCUT2D eigenvalue weighted by Crippen LogP contribution is 2.22. The summed E-state index contributed by atoms with van der Waals surface area (Å²) in [5.41, 5.74) is 3.68. The van der Waals surface area contributed by atoms with Gasteiger partial charge in [-0.15, -0.1) is 0 Å². The molecule has 0 fully saturated rings. The Morgan fingerprint density at radius 2 is 1.62 bits per heavy atom. The maximum atomic E-state index is 13.0. The minimum Gasteiger partial charge on any atom is -0.496 e. The van der Waals surface area contributed by atoms with Crippen LogP contribution in [0.15, 0.2) is 54.6 Å². The third kappa shape index (κ3) is 5.09. The van der Waals surface area contributed by atoms with E-state index in [2.05, 4.69) is 5.43 Å². The number of hydrazine groups is 1. The van der Waals surface area contributed by atoms with Gasteiger partial charge >= 0.3 is 0 Å². The van der Waals surface area contributed by atoms with Gasteiger partial charge in [0.1, 0.15) is 5.75 Å². The van der Waals surface area contributed by atoms with Crippen molar-refractivity contribution in [3.05, 3.63) is 65.7 Å². The molecule has 2 rings (SSSR count). The predicted molar refractivity (Wildman–Crippen MR) is 102 cm³/mol. The zero-order valence-corrected chi connectivity index (χ0v) is 15.8. The van der Waals surface area contributed by atoms with Crippen molar-refractivity contribution in [1.29, 1.82) is 0 Å². The number of para-hydroxylation sites is 1. The van der Waals surface area contributed by atoms with E-state index < -0.39 is 5.54 Å². The first-order valence-electron chi connectivity index (χ1n) is 8.64. The molecule has 0 atom stereocenters. The Morgan fingerprint density at radius 3 is 2.23 bits per heavy atom. The number of rotatable bonds is 5. The molecule has 5 heteroatoms. The Morgan fingerprint density at radius 1 is 1.00 bits per heavy atom. The molecule has 0 aliphatic heterocycles. The number of amides is 2. The van der Waals surface area contributed by atoms with E-state index in [9.17, 15) is 9.59 Å². The molecule has 2 amide bonds. The molecule has 0 heterocycles. The summed E-state index contributed by atoms with van der Waals surface area (Å²) >= 11 is 0. The van der Waals surface area contributed by atoms with Crippen molar-refractivity contribution in [2.24, 2.45) is 0 Å². The van der Waals surface area contributed by atoms with E-state index in [0.717, 1.165) is 5.56 Å². The van der Waals surface area contributed by atoms with E-state index in [0.29, 0.717) is 24.2 Å². The number of hydrogen-bond donors (Lipinski definition) is 1. The summed E-state index contributed by atoms with van der Waals surface area (Å²) in [5, 5.41) is 1.37. The Kier molecular flexibility index (Phi) is 6.39. The summed E-state index contributed by atoms with van der Waals surface area (Å²) in [4.78, 5) is 25.4. The van der Waals surface area contributed by atoms with Crippen LogP contribution in [0.2, 0.25) is 0 Å². The molecule has 0 aliphatic rings. The highest BCUT2D eigenvalue weighted by Gasteiger charge is 2.30. The van der Waals surface area contributed by atoms with Gasteiger partial charge in [0, 0.05) is 6.42 Å². The van der Waals surface area contributed by atoms with Gasteiger partial charge in [-0.1, -0.05) is 42.5 Å². The lowest BCUT2D eigenvalue weighted by Crippen LogP contribution is -2.56. The fraction of sp³-hybridized carbons (Fsp3) is 0.333. The first-order valence-corrected chi connectivity index (χ1v) is 8.64. The SMILES string of the molecule is COc1ccccc1C(=O)N(NC(=O)CCc1ccccc1)C(C)(C)C. The minimum absolute atomic E-state index is 0.202. The molecular formula is C21H26N2O3. The second kappa shape index (κ2) is 8.52. The zero-order chi connectivity index (χ0) is 19.2. The molecule has 2 aromatic rings. The fourth-order valence-corrected chi connectivity index (χ4v) is 2.55. The molecule has 5 nitrogen and oxygen atoms in total. The van der Waals surface area contributed by atoms with Crippen molar-refractivity contribution in [2.45, 2.75) is 39.2 Å². The third-order valence-electron chi connectivity index (χ3n) is 3.93. The van der Waals surface area contributed by atoms with Crippen molar-refractivity contribution in [3.8, 4) is 5.75 Å². The maximum Gasteiger partial charge on any atom is 0.276 e. The van der Waals surface area contributed by atoms with Crippen LogP contribution in [0.25, 0.3) is 0 Å². The normalized spacial score (nSPS) is 10.9. The average Bonchev–Trinajstić information content (AvgIpc) is 2.63. The Balaban J connectivity index is 2.12. The van der Waals surface area contributed by atoms with Crippen LogP contribution in [-0.4, -0.2) is 29.5 Å². The molecule has 0 aromatic heterocycles. The van der Waals surface area contributed by atoms with Crippen molar-refractivity contribution in [3.63, 3.8) is 0 Å². The van der Waals surface area contributed by atoms with Gasteiger partial charge < -0.3 is 4.74 Å². The van der Waals surface area contributed by atoms with Crippen molar-refractivity contribution >= 4 is 11.8 Å². The predicted octanol–water partition coefficient (Wildman–Crippen LogP) is 3.60. The maximum absolute atomic E-state index is 13.0. The topological polar surface area (TPSA) is 58.6 Å². The Labute approximate surface area is 154 Å². The first kappa shape index (κ1) is 19.5. The molecule has 0 unspecified atom stereocenters. The fourth-order valence-electron chi connectivity index (χ4n) is 2.55. The lowest BCUT2D eigenvalue weighted by Gasteiger charge is -2.35. The molecule has 2 aromatic carbocycles. The van der Waals surface area contributed by atoms with Crippen LogP contribution >= 0.6 is 0 Å². The van der Waals surface area contributed by atoms with E-state index in [4.69, 9.17) is 4.74 Å². The monoisotopic (exact) mass is 354 g/mol. The van der Waals surface area contributed by atoms with Crippen LogP contribution in [0.3, 0.4) is 0 Å². The average molecular weight is 354 g/mol. The van der Waals surface area contributed by atoms with Gasteiger partial charge in [0.25, 0.3) is 5.91 Å². The second-order valence-electron chi connectivity index (χ2n) is 7.03. The van der Waals surface area contributed by atoms with E-state index in [1.165, 1.54) is 12.1 Å². The summed E-state index contributed by atoms with van der Waals surface area (Å²) in [6, 6.07) is 16.8. The first-order chi connectivity index (χ1) is 12.3. The number of carbonyl (C=O) groups excluding carboxylic acids is 2. The number of hydrogen-bond acceptors (Lipinski definition) is 3. The second-order valence-corrected chi connectivity index (χ2v) is 7.03. The molecule has 0 aliphatic carbocycles. The highest BCUT2D eigenvalue weighted by molar-refractivity contribution is 5.98. The molecule has 26 heavy (non-hydrogen) atoms. The number of ether oxygens (including phenoxy) is 1. The number of nitrogens with zero attached hydrogens (tertiary/aromatic N) is 1. The summed E-state index contributed by atoms with van der Waals surface area (Å²) < 4.78 is 5.28. The molecule has 0 radical (unpaired) electrons. The summed E-state index contributed by atoms with van der Waals surface area (Å²) in [6.07, 6.45) is 0.920. The number of benzene rings is 2. The molecule has 0 saturated heterocycles. The van der Waals surface area contributed by atoms with E-state index in [1.54, 1.807) is 24.3 Å². The summed E-state index contributed by atoms with van der Waals surface area (Å²) in [7, 11) is 1.52. The zero-order valence-electron chi connectivity index (χ0n) is 15.8. The third-order valence-corrected chi connectivity index (χ3v) is 3.93. The van der Waals surface area contributed by atoms with Gasteiger partial charge in [-0.2, -0.15) is 0 Å². The van der Waals surface area contributed by atoms with Crippen LogP contribution in [0.1, 0.15) is 43.1 Å². The van der Waals surface area contributed by atoms with E-state index >= 15 is 0 Å². The molecule has 0 saturated carbocycles. The molecule has 138 valence electrons. The molecular weight excluding hydrogens is 328 g/mol. The summed E-state index contributed by atoms with van der Waals surface area (Å²) in [5.74, 6) is -0.0275.